The van der Waals surface area contributed by atoms with E-state index in [4.69, 9.17) is 9.47 Å². The molecule has 0 spiro atoms. The number of hydrogen-bond donors (Lipinski definition) is 2. The van der Waals surface area contributed by atoms with E-state index in [1.165, 1.54) is 0 Å². The number of aliphatic carboxylic acids is 1. The maximum absolute atomic E-state index is 12.3. The van der Waals surface area contributed by atoms with Crippen molar-refractivity contribution in [2.45, 2.75) is 65.1 Å². The summed E-state index contributed by atoms with van der Waals surface area (Å²) < 4.78 is 10.7. The molecular formula is C22H31NO6. The first kappa shape index (κ1) is 22.7. The molecule has 1 aliphatic carbocycles. The lowest BCUT2D eigenvalue weighted by Crippen LogP contribution is -2.45. The summed E-state index contributed by atoms with van der Waals surface area (Å²) in [4.78, 5) is 36.1. The molecule has 0 saturated heterocycles. The number of amides is 1. The number of esters is 1. The number of alkyl carbamates (subject to hydrolysis) is 1. The van der Waals surface area contributed by atoms with Gasteiger partial charge in [0, 0.05) is 19.4 Å². The van der Waals surface area contributed by atoms with Gasteiger partial charge in [0.05, 0.1) is 5.41 Å². The van der Waals surface area contributed by atoms with Crippen LogP contribution in [0.2, 0.25) is 0 Å². The zero-order valence-electron chi connectivity index (χ0n) is 17.2. The minimum absolute atomic E-state index is 0.000829. The first-order valence-corrected chi connectivity index (χ1v) is 10.2. The van der Waals surface area contributed by atoms with Crippen molar-refractivity contribution in [1.29, 1.82) is 0 Å². The van der Waals surface area contributed by atoms with Crippen LogP contribution in [0, 0.1) is 11.3 Å². The Labute approximate surface area is 171 Å². The molecule has 160 valence electrons. The van der Waals surface area contributed by atoms with Crippen molar-refractivity contribution in [3.05, 3.63) is 35.9 Å². The maximum Gasteiger partial charge on any atom is 0.410 e. The second kappa shape index (κ2) is 10.8. The molecule has 7 heteroatoms. The van der Waals surface area contributed by atoms with Gasteiger partial charge >= 0.3 is 18.0 Å². The molecule has 1 unspecified atom stereocenters. The van der Waals surface area contributed by atoms with Crippen molar-refractivity contribution in [3.8, 4) is 0 Å². The van der Waals surface area contributed by atoms with Crippen molar-refractivity contribution in [2.24, 2.45) is 11.3 Å². The number of carboxylic acid groups (broad SMARTS) is 1. The van der Waals surface area contributed by atoms with Crippen LogP contribution in [0.5, 0.6) is 0 Å². The lowest BCUT2D eigenvalue weighted by Gasteiger charge is -2.33. The highest BCUT2D eigenvalue weighted by molar-refractivity contribution is 5.76. The van der Waals surface area contributed by atoms with Gasteiger partial charge in [-0.15, -0.1) is 0 Å². The highest BCUT2D eigenvalue weighted by Crippen LogP contribution is 2.36. The fourth-order valence-electron chi connectivity index (χ4n) is 3.54. The van der Waals surface area contributed by atoms with Gasteiger partial charge in [-0.1, -0.05) is 63.4 Å². The topological polar surface area (TPSA) is 102 Å². The maximum atomic E-state index is 12.3. The zero-order chi connectivity index (χ0) is 21.3. The Morgan fingerprint density at radius 2 is 1.72 bits per heavy atom. The van der Waals surface area contributed by atoms with E-state index in [1.54, 1.807) is 0 Å². The van der Waals surface area contributed by atoms with Crippen LogP contribution in [0.4, 0.5) is 4.79 Å². The van der Waals surface area contributed by atoms with Gasteiger partial charge in [-0.05, 0) is 24.3 Å². The van der Waals surface area contributed by atoms with Crippen LogP contribution in [0.25, 0.3) is 0 Å². The van der Waals surface area contributed by atoms with Crippen LogP contribution >= 0.6 is 0 Å². The molecule has 7 nitrogen and oxygen atoms in total. The largest absolute Gasteiger partial charge is 0.481 e. The smallest absolute Gasteiger partial charge is 0.410 e. The summed E-state index contributed by atoms with van der Waals surface area (Å²) in [5, 5.41) is 12.2. The van der Waals surface area contributed by atoms with E-state index in [9.17, 15) is 19.5 Å². The summed E-state index contributed by atoms with van der Waals surface area (Å²) in [7, 11) is 0. The van der Waals surface area contributed by atoms with Crippen LogP contribution < -0.4 is 5.32 Å². The Balaban J connectivity index is 1.97. The SMILES string of the molecule is CC(C)CC(=O)OC(Cc1ccccc1)OC(=O)NCC1(C(=O)O)CCCCC1. The van der Waals surface area contributed by atoms with E-state index in [-0.39, 0.29) is 25.3 Å². The molecule has 0 aliphatic heterocycles. The van der Waals surface area contributed by atoms with Gasteiger partial charge in [-0.25, -0.2) is 4.79 Å². The summed E-state index contributed by atoms with van der Waals surface area (Å²) in [6.45, 7) is 3.80. The highest BCUT2D eigenvalue weighted by atomic mass is 16.7. The van der Waals surface area contributed by atoms with E-state index in [1.807, 2.05) is 44.2 Å². The molecule has 1 aromatic carbocycles. The molecule has 1 aromatic rings. The normalized spacial score (nSPS) is 16.7. The van der Waals surface area contributed by atoms with Crippen LogP contribution in [0.15, 0.2) is 30.3 Å². The predicted octanol–water partition coefficient (Wildman–Crippen LogP) is 3.91. The number of nitrogens with one attached hydrogen (secondary N) is 1. The lowest BCUT2D eigenvalue weighted by molar-refractivity contribution is -0.168. The van der Waals surface area contributed by atoms with Crippen LogP contribution in [0.1, 0.15) is 57.9 Å². The van der Waals surface area contributed by atoms with Crippen molar-refractivity contribution < 1.29 is 29.0 Å². The van der Waals surface area contributed by atoms with Crippen LogP contribution in [-0.2, 0) is 25.5 Å². The van der Waals surface area contributed by atoms with Crippen molar-refractivity contribution >= 4 is 18.0 Å². The van der Waals surface area contributed by atoms with Gasteiger partial charge in [0.15, 0.2) is 0 Å². The van der Waals surface area contributed by atoms with Crippen LogP contribution in [0.3, 0.4) is 0 Å². The minimum atomic E-state index is -1.07. The first-order valence-electron chi connectivity index (χ1n) is 10.2. The average Bonchev–Trinajstić information content (AvgIpc) is 2.67. The molecule has 1 aliphatic rings. The molecule has 0 aromatic heterocycles. The molecule has 0 bridgehead atoms. The van der Waals surface area contributed by atoms with Gasteiger partial charge in [0.1, 0.15) is 0 Å². The van der Waals surface area contributed by atoms with E-state index < -0.39 is 29.7 Å². The summed E-state index contributed by atoms with van der Waals surface area (Å²) in [5.41, 5.74) is -0.0995. The molecule has 0 radical (unpaired) electrons. The molecule has 1 amide bonds. The molecule has 1 saturated carbocycles. The lowest BCUT2D eigenvalue weighted by atomic mass is 9.74. The molecule has 2 N–H and O–H groups in total. The van der Waals surface area contributed by atoms with Gasteiger partial charge < -0.3 is 19.9 Å². The van der Waals surface area contributed by atoms with Gasteiger partial charge in [0.2, 0.25) is 0 Å². The van der Waals surface area contributed by atoms with Crippen molar-refractivity contribution in [2.75, 3.05) is 6.54 Å². The monoisotopic (exact) mass is 405 g/mol. The standard InChI is InChI=1S/C22H31NO6/c1-16(2)13-18(24)28-19(14-17-9-5-3-6-10-17)29-21(27)23-15-22(20(25)26)11-7-4-8-12-22/h3,5-6,9-10,16,19H,4,7-8,11-15H2,1-2H3,(H,23,27)(H,25,26). The van der Waals surface area contributed by atoms with Crippen molar-refractivity contribution in [1.82, 2.24) is 5.32 Å². The summed E-state index contributed by atoms with van der Waals surface area (Å²) in [6.07, 6.45) is 2.30. The number of benzene rings is 1. The van der Waals surface area contributed by atoms with E-state index in [0.717, 1.165) is 24.8 Å². The Bertz CT molecular complexity index is 682. The minimum Gasteiger partial charge on any atom is -0.481 e. The van der Waals surface area contributed by atoms with E-state index in [2.05, 4.69) is 5.32 Å². The second-order valence-electron chi connectivity index (χ2n) is 8.11. The summed E-state index contributed by atoms with van der Waals surface area (Å²) >= 11 is 0. The Morgan fingerprint density at radius 1 is 1.07 bits per heavy atom. The summed E-state index contributed by atoms with van der Waals surface area (Å²) in [6, 6.07) is 9.27. The third kappa shape index (κ3) is 7.40. The molecule has 29 heavy (non-hydrogen) atoms. The zero-order valence-corrected chi connectivity index (χ0v) is 17.2. The second-order valence-corrected chi connectivity index (χ2v) is 8.11. The number of carbonyl (C=O) groups excluding carboxylic acids is 2. The Kier molecular flexibility index (Phi) is 8.49. The van der Waals surface area contributed by atoms with Gasteiger partial charge in [-0.2, -0.15) is 0 Å². The Morgan fingerprint density at radius 3 is 2.31 bits per heavy atom. The van der Waals surface area contributed by atoms with E-state index >= 15 is 0 Å². The number of ether oxygens (including phenoxy) is 2. The first-order chi connectivity index (χ1) is 13.8. The number of carbonyl (C=O) groups is 3. The molecule has 1 fully saturated rings. The van der Waals surface area contributed by atoms with Gasteiger partial charge in [-0.3, -0.25) is 9.59 Å². The fraction of sp³-hybridized carbons (Fsp3) is 0.591. The quantitative estimate of drug-likeness (QED) is 0.477. The molecular weight excluding hydrogens is 374 g/mol. The van der Waals surface area contributed by atoms with Gasteiger partial charge in [0.25, 0.3) is 6.29 Å². The third-order valence-electron chi connectivity index (χ3n) is 5.16. The summed E-state index contributed by atoms with van der Waals surface area (Å²) in [5.74, 6) is -1.22. The predicted molar refractivity (Wildman–Crippen MR) is 107 cm³/mol. The molecule has 0 heterocycles. The third-order valence-corrected chi connectivity index (χ3v) is 5.16. The number of rotatable bonds is 9. The molecule has 2 rings (SSSR count). The fourth-order valence-corrected chi connectivity index (χ4v) is 3.54. The van der Waals surface area contributed by atoms with Crippen molar-refractivity contribution in [3.63, 3.8) is 0 Å². The Hall–Kier alpha value is -2.57. The number of carboxylic acids is 1. The van der Waals surface area contributed by atoms with Crippen LogP contribution in [-0.4, -0.2) is 36.0 Å². The number of hydrogen-bond acceptors (Lipinski definition) is 5. The molecule has 1 atom stereocenters. The highest BCUT2D eigenvalue weighted by Gasteiger charge is 2.40. The van der Waals surface area contributed by atoms with E-state index in [0.29, 0.717) is 12.8 Å². The average molecular weight is 405 g/mol.